The van der Waals surface area contributed by atoms with Gasteiger partial charge in [-0.25, -0.2) is 0 Å². The summed E-state index contributed by atoms with van der Waals surface area (Å²) in [5, 5.41) is 1.38. The van der Waals surface area contributed by atoms with Gasteiger partial charge in [0.1, 0.15) is 0 Å². The van der Waals surface area contributed by atoms with E-state index < -0.39 is 0 Å². The molecule has 4 heteroatoms. The number of para-hydroxylation sites is 1. The van der Waals surface area contributed by atoms with E-state index in [9.17, 15) is 4.79 Å². The van der Waals surface area contributed by atoms with E-state index in [1.165, 1.54) is 27.7 Å². The van der Waals surface area contributed by atoms with Gasteiger partial charge in [0, 0.05) is 37.1 Å². The fraction of sp³-hybridized carbons (Fsp3) is 0.550. The van der Waals surface area contributed by atoms with Crippen molar-refractivity contribution in [3.8, 4) is 0 Å². The minimum Gasteiger partial charge on any atom is -0.343 e. The van der Waals surface area contributed by atoms with Crippen LogP contribution in [0, 0.1) is 0 Å². The van der Waals surface area contributed by atoms with Gasteiger partial charge in [-0.3, -0.25) is 4.79 Å². The molecule has 2 heterocycles. The van der Waals surface area contributed by atoms with Gasteiger partial charge >= 0.3 is 0 Å². The minimum absolute atomic E-state index is 0.175. The van der Waals surface area contributed by atoms with Crippen molar-refractivity contribution in [2.75, 3.05) is 20.6 Å². The highest BCUT2D eigenvalue weighted by atomic mass is 16.2. The summed E-state index contributed by atoms with van der Waals surface area (Å²) in [7, 11) is 4.31. The molecule has 0 bridgehead atoms. The van der Waals surface area contributed by atoms with Gasteiger partial charge in [0.2, 0.25) is 5.91 Å². The number of rotatable bonds is 4. The van der Waals surface area contributed by atoms with Gasteiger partial charge in [-0.05, 0) is 45.0 Å². The molecule has 0 fully saturated rings. The van der Waals surface area contributed by atoms with Crippen molar-refractivity contribution < 1.29 is 4.79 Å². The molecule has 1 aliphatic heterocycles. The molecule has 0 aliphatic carbocycles. The number of aryl methyl sites for hydroxylation is 1. The SMILES string of the molecule is CCC(c1cccc2c3c(n(CC)c12)CN(C(C)=O)CC3)N(C)C. The van der Waals surface area contributed by atoms with Gasteiger partial charge in [0.25, 0.3) is 0 Å². The summed E-state index contributed by atoms with van der Waals surface area (Å²) < 4.78 is 2.45. The molecule has 130 valence electrons. The molecule has 2 aromatic rings. The quantitative estimate of drug-likeness (QED) is 0.859. The minimum atomic E-state index is 0.175. The van der Waals surface area contributed by atoms with E-state index in [-0.39, 0.29) is 5.91 Å². The third-order valence-electron chi connectivity index (χ3n) is 5.44. The lowest BCUT2D eigenvalue weighted by molar-refractivity contribution is -0.129. The maximum atomic E-state index is 11.8. The maximum Gasteiger partial charge on any atom is 0.219 e. The highest BCUT2D eigenvalue weighted by Crippen LogP contribution is 2.36. The van der Waals surface area contributed by atoms with Crippen molar-refractivity contribution in [2.24, 2.45) is 0 Å². The zero-order chi connectivity index (χ0) is 17.4. The first-order valence-electron chi connectivity index (χ1n) is 9.04. The largest absolute Gasteiger partial charge is 0.343 e. The molecule has 4 nitrogen and oxygen atoms in total. The predicted octanol–water partition coefficient (Wildman–Crippen LogP) is 3.58. The van der Waals surface area contributed by atoms with Crippen molar-refractivity contribution in [3.63, 3.8) is 0 Å². The lowest BCUT2D eigenvalue weighted by Crippen LogP contribution is -2.35. The smallest absolute Gasteiger partial charge is 0.219 e. The fourth-order valence-corrected chi connectivity index (χ4v) is 4.28. The Hall–Kier alpha value is -1.81. The van der Waals surface area contributed by atoms with Crippen LogP contribution in [0.5, 0.6) is 0 Å². The van der Waals surface area contributed by atoms with Crippen LogP contribution >= 0.6 is 0 Å². The first-order chi connectivity index (χ1) is 11.5. The van der Waals surface area contributed by atoms with Gasteiger partial charge in [0.15, 0.2) is 0 Å². The van der Waals surface area contributed by atoms with Crippen molar-refractivity contribution in [3.05, 3.63) is 35.0 Å². The Morgan fingerprint density at radius 2 is 2.04 bits per heavy atom. The third-order valence-corrected chi connectivity index (χ3v) is 5.44. The van der Waals surface area contributed by atoms with Crippen LogP contribution < -0.4 is 0 Å². The van der Waals surface area contributed by atoms with E-state index in [1.807, 2.05) is 4.90 Å². The number of amides is 1. The van der Waals surface area contributed by atoms with E-state index in [1.54, 1.807) is 6.92 Å². The average Bonchev–Trinajstić information content (AvgIpc) is 2.88. The molecular formula is C20H29N3O. The lowest BCUT2D eigenvalue weighted by Gasteiger charge is -2.27. The molecule has 0 N–H and O–H groups in total. The number of carbonyl (C=O) groups is 1. The van der Waals surface area contributed by atoms with E-state index in [0.717, 1.165) is 32.5 Å². The van der Waals surface area contributed by atoms with Crippen LogP contribution in [0.25, 0.3) is 10.9 Å². The lowest BCUT2D eigenvalue weighted by atomic mass is 9.98. The van der Waals surface area contributed by atoms with E-state index in [0.29, 0.717) is 6.04 Å². The number of nitrogens with zero attached hydrogens (tertiary/aromatic N) is 3. The number of carbonyl (C=O) groups excluding carboxylic acids is 1. The second kappa shape index (κ2) is 6.60. The standard InChI is InChI=1S/C20H29N3O/c1-6-18(21(4)5)17-10-8-9-16-15-11-12-22(14(3)24)13-19(15)23(7-2)20(16)17/h8-10,18H,6-7,11-13H2,1-5H3. The monoisotopic (exact) mass is 327 g/mol. The number of hydrogen-bond donors (Lipinski definition) is 0. The molecule has 3 rings (SSSR count). The molecule has 1 aromatic heterocycles. The van der Waals surface area contributed by atoms with Crippen LogP contribution in [0.15, 0.2) is 18.2 Å². The Morgan fingerprint density at radius 1 is 1.29 bits per heavy atom. The summed E-state index contributed by atoms with van der Waals surface area (Å²) in [6.07, 6.45) is 2.05. The summed E-state index contributed by atoms with van der Waals surface area (Å²) in [6.45, 7) is 8.65. The number of aromatic nitrogens is 1. The van der Waals surface area contributed by atoms with Gasteiger partial charge < -0.3 is 14.4 Å². The Balaban J connectivity index is 2.23. The number of benzene rings is 1. The zero-order valence-electron chi connectivity index (χ0n) is 15.6. The fourth-order valence-electron chi connectivity index (χ4n) is 4.28. The Morgan fingerprint density at radius 3 is 2.62 bits per heavy atom. The summed E-state index contributed by atoms with van der Waals surface area (Å²) >= 11 is 0. The average molecular weight is 327 g/mol. The number of hydrogen-bond acceptors (Lipinski definition) is 2. The molecule has 0 saturated carbocycles. The summed E-state index contributed by atoms with van der Waals surface area (Å²) in [6, 6.07) is 7.15. The van der Waals surface area contributed by atoms with Crippen LogP contribution in [-0.4, -0.2) is 40.9 Å². The Bertz CT molecular complexity index is 760. The van der Waals surface area contributed by atoms with Crippen molar-refractivity contribution in [1.29, 1.82) is 0 Å². The van der Waals surface area contributed by atoms with Gasteiger partial charge in [-0.2, -0.15) is 0 Å². The van der Waals surface area contributed by atoms with Crippen molar-refractivity contribution in [1.82, 2.24) is 14.4 Å². The van der Waals surface area contributed by atoms with Crippen molar-refractivity contribution in [2.45, 2.75) is 52.7 Å². The summed E-state index contributed by atoms with van der Waals surface area (Å²) in [5.74, 6) is 0.175. The van der Waals surface area contributed by atoms with Crippen LogP contribution in [0.4, 0.5) is 0 Å². The Kier molecular flexibility index (Phi) is 4.68. The van der Waals surface area contributed by atoms with Crippen molar-refractivity contribution >= 4 is 16.8 Å². The molecule has 0 saturated heterocycles. The van der Waals surface area contributed by atoms with Crippen LogP contribution in [0.1, 0.15) is 50.1 Å². The molecule has 1 unspecified atom stereocenters. The van der Waals surface area contributed by atoms with Gasteiger partial charge in [-0.1, -0.05) is 25.1 Å². The molecule has 1 atom stereocenters. The van der Waals surface area contributed by atoms with E-state index in [4.69, 9.17) is 0 Å². The summed E-state index contributed by atoms with van der Waals surface area (Å²) in [4.78, 5) is 16.1. The molecule has 0 spiro atoms. The predicted molar refractivity (Wildman–Crippen MR) is 99.1 cm³/mol. The third kappa shape index (κ3) is 2.63. The first-order valence-corrected chi connectivity index (χ1v) is 9.04. The molecule has 0 radical (unpaired) electrons. The topological polar surface area (TPSA) is 28.5 Å². The Labute approximate surface area is 145 Å². The second-order valence-corrected chi connectivity index (χ2v) is 6.99. The second-order valence-electron chi connectivity index (χ2n) is 6.99. The maximum absolute atomic E-state index is 11.8. The van der Waals surface area contributed by atoms with Gasteiger partial charge in [0.05, 0.1) is 12.1 Å². The van der Waals surface area contributed by atoms with Crippen LogP contribution in [-0.2, 0) is 24.3 Å². The van der Waals surface area contributed by atoms with E-state index in [2.05, 4.69) is 55.6 Å². The molecular weight excluding hydrogens is 298 g/mol. The molecule has 24 heavy (non-hydrogen) atoms. The highest BCUT2D eigenvalue weighted by molar-refractivity contribution is 5.89. The van der Waals surface area contributed by atoms with Crippen LogP contribution in [0.3, 0.4) is 0 Å². The molecule has 1 amide bonds. The molecule has 1 aromatic carbocycles. The normalized spacial score (nSPS) is 15.8. The highest BCUT2D eigenvalue weighted by Gasteiger charge is 2.27. The first kappa shape index (κ1) is 17.0. The van der Waals surface area contributed by atoms with Gasteiger partial charge in [-0.15, -0.1) is 0 Å². The number of fused-ring (bicyclic) bond motifs is 3. The zero-order valence-corrected chi connectivity index (χ0v) is 15.6. The van der Waals surface area contributed by atoms with E-state index >= 15 is 0 Å². The molecule has 1 aliphatic rings. The van der Waals surface area contributed by atoms with Crippen LogP contribution in [0.2, 0.25) is 0 Å². The summed E-state index contributed by atoms with van der Waals surface area (Å²) in [5.41, 5.74) is 5.55.